The lowest BCUT2D eigenvalue weighted by Crippen LogP contribution is -1.98. The molecule has 0 saturated heterocycles. The number of aliphatic hydroxyl groups excluding tert-OH is 2. The van der Waals surface area contributed by atoms with E-state index in [0.717, 1.165) is 18.0 Å². The molecule has 0 atom stereocenters. The summed E-state index contributed by atoms with van der Waals surface area (Å²) in [6.45, 7) is -0.556. The summed E-state index contributed by atoms with van der Waals surface area (Å²) in [5.41, 5.74) is 0. The van der Waals surface area contributed by atoms with Crippen LogP contribution in [-0.4, -0.2) is 22.8 Å². The fourth-order valence-corrected chi connectivity index (χ4v) is 1.45. The summed E-state index contributed by atoms with van der Waals surface area (Å²) in [5, 5.41) is 25.8. The smallest absolute Gasteiger partial charge is 0.239 e. The number of ether oxygens (including phenoxy) is 1. The van der Waals surface area contributed by atoms with E-state index in [1.165, 1.54) is 0 Å². The number of carbonyl (C=O) groups excluding carboxylic acids is 1. The van der Waals surface area contributed by atoms with Gasteiger partial charge < -0.3 is 14.9 Å². The van der Waals surface area contributed by atoms with Gasteiger partial charge in [-0.3, -0.25) is 4.79 Å². The van der Waals surface area contributed by atoms with Gasteiger partial charge >= 0.3 is 0 Å². The van der Waals surface area contributed by atoms with Gasteiger partial charge in [0.05, 0.1) is 4.91 Å². The molecule has 0 radical (unpaired) electrons. The lowest BCUT2D eigenvalue weighted by Gasteiger charge is -1.94. The first-order chi connectivity index (χ1) is 6.20. The zero-order chi connectivity index (χ0) is 9.84. The molecule has 1 heterocycles. The zero-order valence-electron chi connectivity index (χ0n) is 6.35. The standard InChI is InChI=1S/C7H5NO4S/c8-1-4-6(10)7(11)5(13-4)2-12-3-9/h2,9-10H,3H2/b5-2-. The van der Waals surface area contributed by atoms with Gasteiger partial charge in [-0.2, -0.15) is 5.26 Å². The summed E-state index contributed by atoms with van der Waals surface area (Å²) in [7, 11) is 0. The van der Waals surface area contributed by atoms with Crippen LogP contribution in [0, 0.1) is 11.3 Å². The van der Waals surface area contributed by atoms with Crippen LogP contribution >= 0.6 is 11.8 Å². The molecule has 0 bridgehead atoms. The zero-order valence-corrected chi connectivity index (χ0v) is 7.17. The van der Waals surface area contributed by atoms with Crippen molar-refractivity contribution in [2.75, 3.05) is 6.79 Å². The van der Waals surface area contributed by atoms with Gasteiger partial charge in [0.1, 0.15) is 17.2 Å². The molecule has 13 heavy (non-hydrogen) atoms. The Balaban J connectivity index is 2.83. The number of allylic oxidation sites excluding steroid dienone is 2. The number of nitriles is 1. The maximum Gasteiger partial charge on any atom is 0.239 e. The lowest BCUT2D eigenvalue weighted by molar-refractivity contribution is -0.113. The summed E-state index contributed by atoms with van der Waals surface area (Å²) in [6, 6.07) is 1.66. The van der Waals surface area contributed by atoms with Crippen LogP contribution in [0.1, 0.15) is 0 Å². The first-order valence-electron chi connectivity index (χ1n) is 3.19. The molecule has 1 rings (SSSR count). The average Bonchev–Trinajstić information content (AvgIpc) is 2.41. The first kappa shape index (κ1) is 9.64. The van der Waals surface area contributed by atoms with E-state index < -0.39 is 18.3 Å². The predicted octanol–water partition coefficient (Wildman–Crippen LogP) is 0.403. The molecule has 0 aromatic heterocycles. The van der Waals surface area contributed by atoms with E-state index in [1.807, 2.05) is 0 Å². The molecule has 1 aliphatic rings. The van der Waals surface area contributed by atoms with Gasteiger partial charge in [-0.15, -0.1) is 0 Å². The summed E-state index contributed by atoms with van der Waals surface area (Å²) in [4.78, 5) is 11.1. The van der Waals surface area contributed by atoms with Crippen LogP contribution < -0.4 is 0 Å². The fourth-order valence-electron chi connectivity index (χ4n) is 0.691. The third-order valence-corrected chi connectivity index (χ3v) is 2.22. The highest BCUT2D eigenvalue weighted by molar-refractivity contribution is 8.08. The van der Waals surface area contributed by atoms with Crippen molar-refractivity contribution in [1.29, 1.82) is 5.26 Å². The minimum atomic E-state index is -0.657. The Kier molecular flexibility index (Phi) is 2.95. The molecule has 0 unspecified atom stereocenters. The van der Waals surface area contributed by atoms with Crippen molar-refractivity contribution in [2.24, 2.45) is 0 Å². The van der Waals surface area contributed by atoms with Crippen LogP contribution in [0.15, 0.2) is 21.8 Å². The number of ketones is 1. The van der Waals surface area contributed by atoms with Gasteiger partial charge in [-0.25, -0.2) is 0 Å². The predicted molar refractivity (Wildman–Crippen MR) is 44.1 cm³/mol. The number of aliphatic hydroxyl groups is 2. The molecular weight excluding hydrogens is 194 g/mol. The van der Waals surface area contributed by atoms with Gasteiger partial charge in [0.15, 0.2) is 12.6 Å². The molecule has 5 nitrogen and oxygen atoms in total. The maximum atomic E-state index is 11.1. The van der Waals surface area contributed by atoms with E-state index in [1.54, 1.807) is 6.07 Å². The largest absolute Gasteiger partial charge is 0.503 e. The molecule has 0 fully saturated rings. The van der Waals surface area contributed by atoms with Crippen LogP contribution in [0.2, 0.25) is 0 Å². The monoisotopic (exact) mass is 199 g/mol. The second-order valence-corrected chi connectivity index (χ2v) is 3.05. The number of Topliss-reactive ketones (excluding diaryl/α,β-unsaturated/α-hetero) is 1. The third-order valence-electron chi connectivity index (χ3n) is 1.23. The van der Waals surface area contributed by atoms with Crippen molar-refractivity contribution in [3.8, 4) is 6.07 Å². The Hall–Kier alpha value is -1.45. The van der Waals surface area contributed by atoms with Gasteiger partial charge in [0, 0.05) is 0 Å². The van der Waals surface area contributed by atoms with Gasteiger partial charge in [0.2, 0.25) is 5.78 Å². The number of hydrogen-bond acceptors (Lipinski definition) is 6. The Bertz CT molecular complexity index is 339. The molecule has 0 amide bonds. The van der Waals surface area contributed by atoms with E-state index in [4.69, 9.17) is 15.5 Å². The van der Waals surface area contributed by atoms with Gasteiger partial charge in [-0.05, 0) is 0 Å². The molecule has 1 aliphatic heterocycles. The normalized spacial score (nSPS) is 19.4. The van der Waals surface area contributed by atoms with Gasteiger partial charge in [0.25, 0.3) is 0 Å². The minimum absolute atomic E-state index is 0.0576. The van der Waals surface area contributed by atoms with Crippen molar-refractivity contribution in [3.63, 3.8) is 0 Å². The molecule has 68 valence electrons. The Morgan fingerprint density at radius 3 is 2.85 bits per heavy atom. The molecule has 0 saturated carbocycles. The number of rotatable bonds is 2. The molecule has 0 aliphatic carbocycles. The molecular formula is C7H5NO4S. The Morgan fingerprint density at radius 1 is 1.69 bits per heavy atom. The number of hydrogen-bond donors (Lipinski definition) is 2. The Labute approximate surface area is 77.9 Å². The van der Waals surface area contributed by atoms with E-state index in [2.05, 4.69) is 4.74 Å². The van der Waals surface area contributed by atoms with Crippen LogP contribution in [0.5, 0.6) is 0 Å². The topological polar surface area (TPSA) is 90.5 Å². The Morgan fingerprint density at radius 2 is 2.38 bits per heavy atom. The SMILES string of the molecule is N#CC1=C(O)C(=O)/C(=C/OCO)S1. The number of nitrogens with zero attached hydrogens (tertiary/aromatic N) is 1. The second-order valence-electron chi connectivity index (χ2n) is 2.00. The highest BCUT2D eigenvalue weighted by Gasteiger charge is 2.29. The van der Waals surface area contributed by atoms with Crippen molar-refractivity contribution in [2.45, 2.75) is 0 Å². The first-order valence-corrected chi connectivity index (χ1v) is 4.01. The van der Waals surface area contributed by atoms with Gasteiger partial charge in [-0.1, -0.05) is 11.8 Å². The summed E-state index contributed by atoms with van der Waals surface area (Å²) in [5.74, 6) is -1.23. The van der Waals surface area contributed by atoms with Crippen LogP contribution in [-0.2, 0) is 9.53 Å². The molecule has 0 aromatic rings. The lowest BCUT2D eigenvalue weighted by atomic mass is 10.3. The van der Waals surface area contributed by atoms with Crippen LogP contribution in [0.3, 0.4) is 0 Å². The van der Waals surface area contributed by atoms with Crippen molar-refractivity contribution in [1.82, 2.24) is 0 Å². The summed E-state index contributed by atoms with van der Waals surface area (Å²) < 4.78 is 4.43. The van der Waals surface area contributed by atoms with E-state index in [9.17, 15) is 4.79 Å². The highest BCUT2D eigenvalue weighted by atomic mass is 32.2. The van der Waals surface area contributed by atoms with Crippen molar-refractivity contribution < 1.29 is 19.7 Å². The minimum Gasteiger partial charge on any atom is -0.503 e. The third kappa shape index (κ3) is 1.83. The van der Waals surface area contributed by atoms with E-state index in [0.29, 0.717) is 0 Å². The molecule has 6 heteroatoms. The van der Waals surface area contributed by atoms with Crippen molar-refractivity contribution in [3.05, 3.63) is 21.8 Å². The summed E-state index contributed by atoms with van der Waals surface area (Å²) in [6.07, 6.45) is 1.01. The molecule has 0 aromatic carbocycles. The van der Waals surface area contributed by atoms with Crippen LogP contribution in [0.4, 0.5) is 0 Å². The molecule has 0 spiro atoms. The van der Waals surface area contributed by atoms with E-state index >= 15 is 0 Å². The quantitative estimate of drug-likeness (QED) is 0.380. The van der Waals surface area contributed by atoms with Crippen molar-refractivity contribution >= 4 is 17.5 Å². The summed E-state index contributed by atoms with van der Waals surface area (Å²) >= 11 is 0.811. The van der Waals surface area contributed by atoms with E-state index in [-0.39, 0.29) is 9.81 Å². The second kappa shape index (κ2) is 3.98. The average molecular weight is 199 g/mol. The van der Waals surface area contributed by atoms with Crippen LogP contribution in [0.25, 0.3) is 0 Å². The number of thioether (sulfide) groups is 1. The number of carbonyl (C=O) groups is 1. The molecule has 2 N–H and O–H groups in total. The maximum absolute atomic E-state index is 11.1. The highest BCUT2D eigenvalue weighted by Crippen LogP contribution is 2.36. The fraction of sp³-hybridized carbons (Fsp3) is 0.143.